The molecule has 0 atom stereocenters. The van der Waals surface area contributed by atoms with Gasteiger partial charge >= 0.3 is 0 Å². The van der Waals surface area contributed by atoms with E-state index in [1.54, 1.807) is 0 Å². The third kappa shape index (κ3) is 0.721. The Morgan fingerprint density at radius 3 is 2.88 bits per heavy atom. The van der Waals surface area contributed by atoms with E-state index in [0.29, 0.717) is 6.29 Å². The van der Waals surface area contributed by atoms with Gasteiger partial charge in [-0.15, -0.1) is 0 Å². The Balaban J connectivity index is 3.09. The maximum absolute atomic E-state index is 9.90. The molecule has 4 heteroatoms. The van der Waals surface area contributed by atoms with E-state index in [-0.39, 0.29) is 10.8 Å². The van der Waals surface area contributed by atoms with Crippen LogP contribution in [0, 0.1) is 0 Å². The molecule has 0 aromatic carbocycles. The Hall–Kier alpha value is -0.830. The van der Waals surface area contributed by atoms with Crippen LogP contribution in [-0.2, 0) is 0 Å². The summed E-state index contributed by atoms with van der Waals surface area (Å²) in [7, 11) is 0. The summed E-state index contributed by atoms with van der Waals surface area (Å²) in [4.78, 5) is 9.90. The maximum atomic E-state index is 9.90. The normalized spacial score (nSPS) is 9.12. The van der Waals surface area contributed by atoms with Gasteiger partial charge in [-0.3, -0.25) is 4.79 Å². The first-order chi connectivity index (χ1) is 3.84. The Labute approximate surface area is 50.2 Å². The van der Waals surface area contributed by atoms with Crippen LogP contribution in [0.3, 0.4) is 0 Å². The quantitative estimate of drug-likeness (QED) is 0.537. The van der Waals surface area contributed by atoms with Crippen molar-refractivity contribution in [3.8, 4) is 0 Å². The molecule has 3 nitrogen and oxygen atoms in total. The number of halogens is 1. The number of carbonyl (C=O) groups excluding carboxylic acids is 1. The molecule has 0 fully saturated rings. The average Bonchev–Trinajstić information content (AvgIpc) is 2.14. The molecule has 1 heterocycles. The number of carbonyl (C=O) groups is 1. The van der Waals surface area contributed by atoms with Crippen LogP contribution < -0.4 is 0 Å². The molecule has 0 spiro atoms. The second-order valence-electron chi connectivity index (χ2n) is 1.17. The van der Waals surface area contributed by atoms with E-state index in [9.17, 15) is 4.79 Å². The Kier molecular flexibility index (Phi) is 1.30. The number of aldehydes is 1. The highest BCUT2D eigenvalue weighted by Crippen LogP contribution is 2.10. The SMILES string of the molecule is O=Cc1cnoc1Cl. The van der Waals surface area contributed by atoms with Crippen LogP contribution in [0.5, 0.6) is 0 Å². The van der Waals surface area contributed by atoms with Crippen molar-refractivity contribution in [2.24, 2.45) is 0 Å². The van der Waals surface area contributed by atoms with E-state index < -0.39 is 0 Å². The number of hydrogen-bond donors (Lipinski definition) is 0. The van der Waals surface area contributed by atoms with E-state index >= 15 is 0 Å². The molecule has 0 N–H and O–H groups in total. The zero-order valence-corrected chi connectivity index (χ0v) is 4.55. The smallest absolute Gasteiger partial charge is 0.236 e. The molecule has 0 saturated carbocycles. The molecular weight excluding hydrogens is 130 g/mol. The predicted molar refractivity (Wildman–Crippen MR) is 26.9 cm³/mol. The maximum Gasteiger partial charge on any atom is 0.236 e. The fraction of sp³-hybridized carbons (Fsp3) is 0. The molecule has 0 radical (unpaired) electrons. The third-order valence-corrected chi connectivity index (χ3v) is 0.966. The van der Waals surface area contributed by atoms with Crippen LogP contribution in [-0.4, -0.2) is 11.4 Å². The van der Waals surface area contributed by atoms with Gasteiger partial charge in [-0.05, 0) is 11.6 Å². The lowest BCUT2D eigenvalue weighted by atomic mass is 10.4. The topological polar surface area (TPSA) is 43.1 Å². The minimum Gasteiger partial charge on any atom is -0.344 e. The van der Waals surface area contributed by atoms with Gasteiger partial charge < -0.3 is 4.52 Å². The molecule has 1 aromatic heterocycles. The molecule has 0 aliphatic rings. The van der Waals surface area contributed by atoms with Gasteiger partial charge in [0.1, 0.15) is 0 Å². The summed E-state index contributed by atoms with van der Waals surface area (Å²) in [6, 6.07) is 0. The lowest BCUT2D eigenvalue weighted by Crippen LogP contribution is -1.69. The van der Waals surface area contributed by atoms with Crippen LogP contribution in [0.4, 0.5) is 0 Å². The fourth-order valence-electron chi connectivity index (χ4n) is 0.310. The first-order valence-electron chi connectivity index (χ1n) is 1.90. The highest BCUT2D eigenvalue weighted by Gasteiger charge is 2.00. The molecular formula is C4H2ClNO2. The molecule has 0 amide bonds. The summed E-state index contributed by atoms with van der Waals surface area (Å²) in [5, 5.41) is 3.30. The summed E-state index contributed by atoms with van der Waals surface area (Å²) in [5.74, 6) is 0. The molecule has 0 unspecified atom stereocenters. The highest BCUT2D eigenvalue weighted by atomic mass is 35.5. The number of rotatable bonds is 1. The van der Waals surface area contributed by atoms with Crippen LogP contribution in [0.25, 0.3) is 0 Å². The summed E-state index contributed by atoms with van der Waals surface area (Å²) in [6.45, 7) is 0. The lowest BCUT2D eigenvalue weighted by molar-refractivity contribution is 0.112. The Morgan fingerprint density at radius 2 is 2.62 bits per heavy atom. The second-order valence-corrected chi connectivity index (χ2v) is 1.52. The molecule has 1 rings (SSSR count). The zero-order chi connectivity index (χ0) is 5.98. The van der Waals surface area contributed by atoms with Crippen molar-refractivity contribution < 1.29 is 9.32 Å². The number of aromatic nitrogens is 1. The van der Waals surface area contributed by atoms with E-state index in [2.05, 4.69) is 9.68 Å². The largest absolute Gasteiger partial charge is 0.344 e. The summed E-state index contributed by atoms with van der Waals surface area (Å²) in [5.41, 5.74) is 0.284. The van der Waals surface area contributed by atoms with Gasteiger partial charge in [-0.2, -0.15) is 0 Å². The van der Waals surface area contributed by atoms with Gasteiger partial charge in [0.25, 0.3) is 0 Å². The van der Waals surface area contributed by atoms with Crippen molar-refractivity contribution >= 4 is 17.9 Å². The van der Waals surface area contributed by atoms with E-state index in [1.807, 2.05) is 0 Å². The minimum absolute atomic E-state index is 0.0417. The van der Waals surface area contributed by atoms with Crippen molar-refractivity contribution in [2.45, 2.75) is 0 Å². The van der Waals surface area contributed by atoms with Crippen molar-refractivity contribution in [3.05, 3.63) is 17.0 Å². The van der Waals surface area contributed by atoms with Gasteiger partial charge in [0.05, 0.1) is 11.8 Å². The van der Waals surface area contributed by atoms with Crippen LogP contribution >= 0.6 is 11.6 Å². The molecule has 0 aliphatic heterocycles. The monoisotopic (exact) mass is 131 g/mol. The van der Waals surface area contributed by atoms with E-state index in [4.69, 9.17) is 11.6 Å². The minimum atomic E-state index is 0.0417. The Bertz CT molecular complexity index is 196. The van der Waals surface area contributed by atoms with Crippen LogP contribution in [0.2, 0.25) is 5.22 Å². The lowest BCUT2D eigenvalue weighted by Gasteiger charge is -1.72. The van der Waals surface area contributed by atoms with Gasteiger partial charge in [0.2, 0.25) is 5.22 Å². The summed E-state index contributed by atoms with van der Waals surface area (Å²) in [6.07, 6.45) is 1.84. The fourth-order valence-corrected chi connectivity index (χ4v) is 0.443. The van der Waals surface area contributed by atoms with Crippen LogP contribution in [0.1, 0.15) is 10.4 Å². The van der Waals surface area contributed by atoms with E-state index in [1.165, 1.54) is 6.20 Å². The first kappa shape index (κ1) is 5.31. The van der Waals surface area contributed by atoms with Crippen LogP contribution in [0.15, 0.2) is 10.7 Å². The number of nitrogens with zero attached hydrogens (tertiary/aromatic N) is 1. The average molecular weight is 132 g/mol. The number of hydrogen-bond acceptors (Lipinski definition) is 3. The first-order valence-corrected chi connectivity index (χ1v) is 2.27. The third-order valence-electron chi connectivity index (χ3n) is 0.679. The van der Waals surface area contributed by atoms with Gasteiger partial charge in [-0.1, -0.05) is 5.16 Å². The molecule has 0 aliphatic carbocycles. The van der Waals surface area contributed by atoms with Crippen molar-refractivity contribution in [3.63, 3.8) is 0 Å². The van der Waals surface area contributed by atoms with Crippen molar-refractivity contribution in [1.82, 2.24) is 5.16 Å². The van der Waals surface area contributed by atoms with Gasteiger partial charge in [0.15, 0.2) is 6.29 Å². The highest BCUT2D eigenvalue weighted by molar-refractivity contribution is 6.31. The Morgan fingerprint density at radius 1 is 1.88 bits per heavy atom. The molecule has 0 saturated heterocycles. The molecule has 8 heavy (non-hydrogen) atoms. The summed E-state index contributed by atoms with van der Waals surface area (Å²) >= 11 is 5.28. The summed E-state index contributed by atoms with van der Waals surface area (Å²) < 4.78 is 4.34. The van der Waals surface area contributed by atoms with Crippen molar-refractivity contribution in [2.75, 3.05) is 0 Å². The van der Waals surface area contributed by atoms with Gasteiger partial charge in [-0.25, -0.2) is 0 Å². The second kappa shape index (κ2) is 1.96. The standard InChI is InChI=1S/C4H2ClNO2/c5-4-3(2-7)1-6-8-4/h1-2H. The molecule has 1 aromatic rings. The van der Waals surface area contributed by atoms with Crippen molar-refractivity contribution in [1.29, 1.82) is 0 Å². The van der Waals surface area contributed by atoms with Gasteiger partial charge in [0, 0.05) is 0 Å². The zero-order valence-electron chi connectivity index (χ0n) is 3.80. The predicted octanol–water partition coefficient (Wildman–Crippen LogP) is 1.14. The molecule has 42 valence electrons. The molecule has 0 bridgehead atoms. The van der Waals surface area contributed by atoms with E-state index in [0.717, 1.165) is 0 Å².